The Kier molecular flexibility index (Phi) is 3.98. The predicted octanol–water partition coefficient (Wildman–Crippen LogP) is 3.26. The van der Waals surface area contributed by atoms with Crippen LogP contribution in [0.5, 0.6) is 0 Å². The third-order valence-corrected chi connectivity index (χ3v) is 3.29. The third kappa shape index (κ3) is 2.73. The number of hydrogen-bond donors (Lipinski definition) is 1. The van der Waals surface area contributed by atoms with Gasteiger partial charge in [0.1, 0.15) is 0 Å². The monoisotopic (exact) mass is 245 g/mol. The molecule has 3 heteroatoms. The van der Waals surface area contributed by atoms with Gasteiger partial charge in [-0.25, -0.2) is 0 Å². The van der Waals surface area contributed by atoms with E-state index in [0.717, 1.165) is 10.9 Å². The van der Waals surface area contributed by atoms with Crippen molar-refractivity contribution >= 4 is 33.3 Å². The Bertz CT molecular complexity index is 272. The van der Waals surface area contributed by atoms with E-state index in [1.165, 1.54) is 10.5 Å². The van der Waals surface area contributed by atoms with Crippen LogP contribution in [-0.2, 0) is 0 Å². The molecule has 0 unspecified atom stereocenters. The van der Waals surface area contributed by atoms with Crippen LogP contribution in [-0.4, -0.2) is 6.54 Å². The SMILES string of the molecule is CCC(=Cc1cc(Br)cs1)CN. The molecule has 0 amide bonds. The van der Waals surface area contributed by atoms with Gasteiger partial charge >= 0.3 is 0 Å². The van der Waals surface area contributed by atoms with E-state index < -0.39 is 0 Å². The Labute approximate surface area is 85.4 Å². The molecule has 2 N–H and O–H groups in total. The fourth-order valence-corrected chi connectivity index (χ4v) is 2.34. The van der Waals surface area contributed by atoms with Crippen LogP contribution in [0.4, 0.5) is 0 Å². The summed E-state index contributed by atoms with van der Waals surface area (Å²) in [7, 11) is 0. The zero-order chi connectivity index (χ0) is 8.97. The van der Waals surface area contributed by atoms with E-state index >= 15 is 0 Å². The molecule has 0 saturated heterocycles. The van der Waals surface area contributed by atoms with E-state index in [9.17, 15) is 0 Å². The molecule has 0 spiro atoms. The summed E-state index contributed by atoms with van der Waals surface area (Å²) in [6.07, 6.45) is 3.20. The normalized spacial score (nSPS) is 12.1. The lowest BCUT2D eigenvalue weighted by Gasteiger charge is -1.96. The highest BCUT2D eigenvalue weighted by Gasteiger charge is 1.95. The first kappa shape index (κ1) is 9.96. The van der Waals surface area contributed by atoms with Gasteiger partial charge in [-0.05, 0) is 34.5 Å². The van der Waals surface area contributed by atoms with Crippen molar-refractivity contribution in [1.29, 1.82) is 0 Å². The van der Waals surface area contributed by atoms with E-state index in [-0.39, 0.29) is 0 Å². The van der Waals surface area contributed by atoms with Gasteiger partial charge in [-0.1, -0.05) is 12.5 Å². The molecule has 0 aliphatic rings. The molecule has 0 aromatic carbocycles. The highest BCUT2D eigenvalue weighted by molar-refractivity contribution is 9.10. The van der Waals surface area contributed by atoms with Gasteiger partial charge in [0.2, 0.25) is 0 Å². The van der Waals surface area contributed by atoms with Crippen LogP contribution >= 0.6 is 27.3 Å². The van der Waals surface area contributed by atoms with Crippen LogP contribution in [0.3, 0.4) is 0 Å². The first-order valence-corrected chi connectivity index (χ1v) is 5.57. The average molecular weight is 246 g/mol. The molecule has 1 aromatic heterocycles. The van der Waals surface area contributed by atoms with Crippen LogP contribution in [0.15, 0.2) is 21.5 Å². The topological polar surface area (TPSA) is 26.0 Å². The first-order valence-electron chi connectivity index (χ1n) is 3.89. The summed E-state index contributed by atoms with van der Waals surface area (Å²) in [6, 6.07) is 2.11. The number of thiophene rings is 1. The van der Waals surface area contributed by atoms with Gasteiger partial charge in [-0.3, -0.25) is 0 Å². The van der Waals surface area contributed by atoms with E-state index in [1.807, 2.05) is 0 Å². The van der Waals surface area contributed by atoms with Gasteiger partial charge in [0, 0.05) is 21.3 Å². The van der Waals surface area contributed by atoms with Gasteiger partial charge in [-0.15, -0.1) is 11.3 Å². The van der Waals surface area contributed by atoms with Crippen LogP contribution in [0.2, 0.25) is 0 Å². The number of halogens is 1. The second-order valence-electron chi connectivity index (χ2n) is 2.53. The zero-order valence-electron chi connectivity index (χ0n) is 7.01. The summed E-state index contributed by atoms with van der Waals surface area (Å²) in [5.74, 6) is 0. The lowest BCUT2D eigenvalue weighted by Crippen LogP contribution is -2.01. The maximum Gasteiger partial charge on any atom is 0.0288 e. The number of hydrogen-bond acceptors (Lipinski definition) is 2. The third-order valence-electron chi connectivity index (χ3n) is 1.65. The second-order valence-corrected chi connectivity index (χ2v) is 4.39. The van der Waals surface area contributed by atoms with Crippen molar-refractivity contribution in [2.24, 2.45) is 5.73 Å². The van der Waals surface area contributed by atoms with Crippen molar-refractivity contribution in [3.05, 3.63) is 26.4 Å². The van der Waals surface area contributed by atoms with Gasteiger partial charge in [0.25, 0.3) is 0 Å². The average Bonchev–Trinajstić information content (AvgIpc) is 2.47. The molecule has 0 saturated carbocycles. The zero-order valence-corrected chi connectivity index (χ0v) is 9.41. The minimum atomic E-state index is 0.659. The van der Waals surface area contributed by atoms with E-state index in [4.69, 9.17) is 5.73 Å². The Hall–Kier alpha value is -0.120. The first-order chi connectivity index (χ1) is 5.76. The quantitative estimate of drug-likeness (QED) is 0.870. The lowest BCUT2D eigenvalue weighted by molar-refractivity contribution is 1.02. The Morgan fingerprint density at radius 2 is 2.50 bits per heavy atom. The number of nitrogens with two attached hydrogens (primary N) is 1. The minimum absolute atomic E-state index is 0.659. The van der Waals surface area contributed by atoms with Crippen molar-refractivity contribution in [3.8, 4) is 0 Å². The van der Waals surface area contributed by atoms with Crippen LogP contribution in [0.1, 0.15) is 18.2 Å². The largest absolute Gasteiger partial charge is 0.327 e. The Morgan fingerprint density at radius 1 is 1.75 bits per heavy atom. The molecule has 0 aliphatic heterocycles. The molecule has 66 valence electrons. The summed E-state index contributed by atoms with van der Waals surface area (Å²) < 4.78 is 1.14. The van der Waals surface area contributed by atoms with Crippen molar-refractivity contribution in [2.75, 3.05) is 6.54 Å². The maximum absolute atomic E-state index is 5.56. The smallest absolute Gasteiger partial charge is 0.0288 e. The molecule has 1 rings (SSSR count). The predicted molar refractivity (Wildman–Crippen MR) is 59.3 cm³/mol. The fraction of sp³-hybridized carbons (Fsp3) is 0.333. The fourth-order valence-electron chi connectivity index (χ4n) is 0.910. The summed E-state index contributed by atoms with van der Waals surface area (Å²) in [5.41, 5.74) is 6.86. The van der Waals surface area contributed by atoms with E-state index in [0.29, 0.717) is 6.54 Å². The highest BCUT2D eigenvalue weighted by Crippen LogP contribution is 2.22. The molecule has 0 radical (unpaired) electrons. The lowest BCUT2D eigenvalue weighted by atomic mass is 10.2. The second kappa shape index (κ2) is 4.80. The number of rotatable bonds is 3. The molecule has 1 nitrogen and oxygen atoms in total. The van der Waals surface area contributed by atoms with Crippen molar-refractivity contribution in [2.45, 2.75) is 13.3 Å². The Balaban J connectivity index is 2.78. The minimum Gasteiger partial charge on any atom is -0.327 e. The van der Waals surface area contributed by atoms with Crippen LogP contribution in [0, 0.1) is 0 Å². The van der Waals surface area contributed by atoms with Gasteiger partial charge in [-0.2, -0.15) is 0 Å². The summed E-state index contributed by atoms with van der Waals surface area (Å²) in [4.78, 5) is 1.27. The molecule has 1 aromatic rings. The Morgan fingerprint density at radius 3 is 2.92 bits per heavy atom. The van der Waals surface area contributed by atoms with Crippen molar-refractivity contribution < 1.29 is 0 Å². The van der Waals surface area contributed by atoms with Gasteiger partial charge in [0.15, 0.2) is 0 Å². The molecular formula is C9H12BrNS. The molecule has 0 aliphatic carbocycles. The van der Waals surface area contributed by atoms with Gasteiger partial charge < -0.3 is 5.73 Å². The standard InChI is InChI=1S/C9H12BrNS/c1-2-7(5-11)3-9-4-8(10)6-12-9/h3-4,6H,2,5,11H2,1H3. The van der Waals surface area contributed by atoms with Crippen LogP contribution < -0.4 is 5.73 Å². The van der Waals surface area contributed by atoms with E-state index in [2.05, 4.69) is 40.4 Å². The summed E-state index contributed by atoms with van der Waals surface area (Å²) in [6.45, 7) is 2.79. The molecule has 0 atom stereocenters. The molecule has 0 fully saturated rings. The molecule has 1 heterocycles. The summed E-state index contributed by atoms with van der Waals surface area (Å²) >= 11 is 5.15. The highest BCUT2D eigenvalue weighted by atomic mass is 79.9. The van der Waals surface area contributed by atoms with E-state index in [1.54, 1.807) is 11.3 Å². The molecular weight excluding hydrogens is 234 g/mol. The van der Waals surface area contributed by atoms with Gasteiger partial charge in [0.05, 0.1) is 0 Å². The maximum atomic E-state index is 5.56. The van der Waals surface area contributed by atoms with Crippen molar-refractivity contribution in [3.63, 3.8) is 0 Å². The molecule has 0 bridgehead atoms. The van der Waals surface area contributed by atoms with Crippen molar-refractivity contribution in [1.82, 2.24) is 0 Å². The molecule has 12 heavy (non-hydrogen) atoms. The summed E-state index contributed by atoms with van der Waals surface area (Å²) in [5, 5.41) is 2.08. The van der Waals surface area contributed by atoms with Crippen LogP contribution in [0.25, 0.3) is 6.08 Å².